The van der Waals surface area contributed by atoms with E-state index in [1.165, 1.54) is 0 Å². The summed E-state index contributed by atoms with van der Waals surface area (Å²) in [5.74, 6) is -1.48. The molecule has 0 radical (unpaired) electrons. The van der Waals surface area contributed by atoms with Gasteiger partial charge in [0.05, 0.1) is 36.9 Å². The highest BCUT2D eigenvalue weighted by atomic mass is 16.5. The minimum Gasteiger partial charge on any atom is -0.497 e. The van der Waals surface area contributed by atoms with Crippen LogP contribution in [0.2, 0.25) is 0 Å². The SMILES string of the molecule is COc1ccc(C2=C(c3ccc(OC)cc3)[C@@]3(c4ccccc4)C(=O)[C@@]2(c2ccccc2)[C@@H]2C(=O)NC(=O)[C@H]23)cc1. The van der Waals surface area contributed by atoms with Crippen LogP contribution in [-0.2, 0) is 25.2 Å². The smallest absolute Gasteiger partial charge is 0.232 e. The average molecular weight is 542 g/mol. The van der Waals surface area contributed by atoms with Gasteiger partial charge in [0, 0.05) is 0 Å². The second-order valence-corrected chi connectivity index (χ2v) is 10.7. The zero-order chi connectivity index (χ0) is 28.4. The number of carbonyl (C=O) groups excluding carboxylic acids is 3. The van der Waals surface area contributed by atoms with E-state index in [0.717, 1.165) is 22.3 Å². The predicted molar refractivity (Wildman–Crippen MR) is 154 cm³/mol. The fourth-order valence-electron chi connectivity index (χ4n) is 7.57. The number of hydrogen-bond acceptors (Lipinski definition) is 5. The number of carbonyl (C=O) groups is 3. The maximum absolute atomic E-state index is 15.5. The number of imide groups is 1. The number of benzene rings is 4. The Labute approximate surface area is 237 Å². The maximum Gasteiger partial charge on any atom is 0.232 e. The zero-order valence-corrected chi connectivity index (χ0v) is 22.6. The Morgan fingerprint density at radius 3 is 1.24 bits per heavy atom. The third-order valence-electron chi connectivity index (χ3n) is 9.05. The first kappa shape index (κ1) is 25.0. The zero-order valence-electron chi connectivity index (χ0n) is 22.6. The minimum absolute atomic E-state index is 0.155. The highest BCUT2D eigenvalue weighted by molar-refractivity contribution is 6.35. The van der Waals surface area contributed by atoms with Crippen molar-refractivity contribution in [2.24, 2.45) is 11.8 Å². The van der Waals surface area contributed by atoms with Crippen molar-refractivity contribution in [1.29, 1.82) is 0 Å². The predicted octanol–water partition coefficient (Wildman–Crippen LogP) is 4.98. The van der Waals surface area contributed by atoms with Gasteiger partial charge in [0.1, 0.15) is 11.5 Å². The molecule has 1 aliphatic heterocycles. The molecule has 0 unspecified atom stereocenters. The first-order valence-corrected chi connectivity index (χ1v) is 13.5. The van der Waals surface area contributed by atoms with Gasteiger partial charge in [-0.05, 0) is 57.7 Å². The van der Waals surface area contributed by atoms with Crippen LogP contribution >= 0.6 is 0 Å². The highest BCUT2D eigenvalue weighted by Gasteiger charge is 2.81. The number of rotatable bonds is 6. The van der Waals surface area contributed by atoms with Crippen LogP contribution in [0.4, 0.5) is 0 Å². The topological polar surface area (TPSA) is 81.7 Å². The van der Waals surface area contributed by atoms with Crippen LogP contribution in [0.25, 0.3) is 11.1 Å². The van der Waals surface area contributed by atoms with E-state index >= 15 is 4.79 Å². The van der Waals surface area contributed by atoms with E-state index in [4.69, 9.17) is 9.47 Å². The van der Waals surface area contributed by atoms with Crippen molar-refractivity contribution >= 4 is 28.7 Å². The van der Waals surface area contributed by atoms with E-state index in [-0.39, 0.29) is 5.78 Å². The van der Waals surface area contributed by atoms with Gasteiger partial charge < -0.3 is 9.47 Å². The van der Waals surface area contributed by atoms with Gasteiger partial charge in [-0.3, -0.25) is 19.7 Å². The Bertz CT molecular complexity index is 1600. The number of ketones is 1. The van der Waals surface area contributed by atoms with Crippen molar-refractivity contribution in [2.75, 3.05) is 14.2 Å². The molecule has 41 heavy (non-hydrogen) atoms. The Morgan fingerprint density at radius 1 is 0.537 bits per heavy atom. The lowest BCUT2D eigenvalue weighted by Gasteiger charge is -2.39. The summed E-state index contributed by atoms with van der Waals surface area (Å²) in [6, 6.07) is 34.0. The standard InChI is InChI=1S/C35H27NO5/c1-40-25-17-13-21(14-18-25)27-28(22-15-19-26(41-2)20-16-22)35(24-11-7-4-8-12-24)30-29(31(37)36-32(30)38)34(27,33(35)39)23-9-5-3-6-10-23/h3-20,29-30H,1-2H3,(H,36,37,38)/t29-,30-,34+,35+/m0/s1. The van der Waals surface area contributed by atoms with Gasteiger partial charge in [-0.2, -0.15) is 0 Å². The van der Waals surface area contributed by atoms with Gasteiger partial charge in [0.15, 0.2) is 5.78 Å². The lowest BCUT2D eigenvalue weighted by molar-refractivity contribution is -0.132. The van der Waals surface area contributed by atoms with Gasteiger partial charge in [-0.15, -0.1) is 0 Å². The molecule has 7 rings (SSSR count). The number of allylic oxidation sites excluding steroid dienone is 2. The fraction of sp³-hybridized carbons (Fsp3) is 0.171. The molecule has 1 saturated carbocycles. The molecule has 0 spiro atoms. The molecule has 0 aromatic heterocycles. The Kier molecular flexibility index (Phi) is 5.51. The highest BCUT2D eigenvalue weighted by Crippen LogP contribution is 2.73. The number of Topliss-reactive ketones (excluding diaryl/α,β-unsaturated/α-hetero) is 1. The molecular weight excluding hydrogens is 514 g/mol. The van der Waals surface area contributed by atoms with Gasteiger partial charge in [0.25, 0.3) is 0 Å². The molecule has 1 saturated heterocycles. The summed E-state index contributed by atoms with van der Waals surface area (Å²) >= 11 is 0. The lowest BCUT2D eigenvalue weighted by Crippen LogP contribution is -2.44. The van der Waals surface area contributed by atoms with Crippen LogP contribution in [-0.4, -0.2) is 31.8 Å². The van der Waals surface area contributed by atoms with E-state index in [2.05, 4.69) is 5.32 Å². The molecule has 1 heterocycles. The van der Waals surface area contributed by atoms with Crippen LogP contribution < -0.4 is 14.8 Å². The third-order valence-corrected chi connectivity index (χ3v) is 9.05. The first-order chi connectivity index (χ1) is 20.0. The molecule has 1 N–H and O–H groups in total. The summed E-state index contributed by atoms with van der Waals surface area (Å²) < 4.78 is 10.9. The quantitative estimate of drug-likeness (QED) is 0.349. The summed E-state index contributed by atoms with van der Waals surface area (Å²) in [5.41, 5.74) is 1.63. The van der Waals surface area contributed by atoms with Crippen LogP contribution in [0, 0.1) is 11.8 Å². The van der Waals surface area contributed by atoms with E-state index in [1.54, 1.807) is 14.2 Å². The molecule has 4 aromatic carbocycles. The van der Waals surface area contributed by atoms with Gasteiger partial charge in [0.2, 0.25) is 11.8 Å². The van der Waals surface area contributed by atoms with Crippen LogP contribution in [0.5, 0.6) is 11.5 Å². The lowest BCUT2D eigenvalue weighted by atomic mass is 9.59. The summed E-state index contributed by atoms with van der Waals surface area (Å²) in [6.07, 6.45) is 0. The molecule has 6 nitrogen and oxygen atoms in total. The van der Waals surface area contributed by atoms with Crippen molar-refractivity contribution in [3.63, 3.8) is 0 Å². The number of amides is 2. The number of fused-ring (bicyclic) bond motifs is 5. The second kappa shape index (κ2) is 9.03. The minimum atomic E-state index is -1.40. The molecular formula is C35H27NO5. The summed E-state index contributed by atoms with van der Waals surface area (Å²) in [7, 11) is 3.21. The first-order valence-electron chi connectivity index (χ1n) is 13.5. The normalized spacial score (nSPS) is 26.2. The molecule has 202 valence electrons. The number of ether oxygens (including phenoxy) is 2. The van der Waals surface area contributed by atoms with Gasteiger partial charge in [-0.1, -0.05) is 84.9 Å². The second-order valence-electron chi connectivity index (χ2n) is 10.7. The van der Waals surface area contributed by atoms with Crippen molar-refractivity contribution in [3.05, 3.63) is 131 Å². The summed E-state index contributed by atoms with van der Waals surface area (Å²) in [6.45, 7) is 0. The van der Waals surface area contributed by atoms with E-state index in [9.17, 15) is 9.59 Å². The largest absolute Gasteiger partial charge is 0.497 e. The van der Waals surface area contributed by atoms with Crippen molar-refractivity contribution in [2.45, 2.75) is 10.8 Å². The molecule has 2 fully saturated rings. The summed E-state index contributed by atoms with van der Waals surface area (Å²) in [4.78, 5) is 43.1. The van der Waals surface area contributed by atoms with E-state index < -0.39 is 34.5 Å². The number of nitrogens with one attached hydrogen (secondary N) is 1. The Hall–Kier alpha value is -4.97. The van der Waals surface area contributed by atoms with Gasteiger partial charge in [-0.25, -0.2) is 0 Å². The molecule has 2 amide bonds. The van der Waals surface area contributed by atoms with Crippen molar-refractivity contribution < 1.29 is 23.9 Å². The van der Waals surface area contributed by atoms with Crippen molar-refractivity contribution in [3.8, 4) is 11.5 Å². The molecule has 2 aliphatic carbocycles. The van der Waals surface area contributed by atoms with Gasteiger partial charge >= 0.3 is 0 Å². The molecule has 4 atom stereocenters. The van der Waals surface area contributed by atoms with Crippen LogP contribution in [0.3, 0.4) is 0 Å². The van der Waals surface area contributed by atoms with E-state index in [0.29, 0.717) is 22.6 Å². The third kappa shape index (κ3) is 3.10. The Balaban J connectivity index is 1.69. The summed E-state index contributed by atoms with van der Waals surface area (Å²) in [5, 5.41) is 2.61. The fourth-order valence-corrected chi connectivity index (χ4v) is 7.57. The number of hydrogen-bond donors (Lipinski definition) is 1. The molecule has 4 aromatic rings. The average Bonchev–Trinajstić information content (AvgIpc) is 3.56. The van der Waals surface area contributed by atoms with Crippen LogP contribution in [0.15, 0.2) is 109 Å². The Morgan fingerprint density at radius 2 is 0.902 bits per heavy atom. The monoisotopic (exact) mass is 541 g/mol. The molecule has 3 aliphatic rings. The van der Waals surface area contributed by atoms with E-state index in [1.807, 2.05) is 109 Å². The number of methoxy groups -OCH3 is 2. The van der Waals surface area contributed by atoms with Crippen molar-refractivity contribution in [1.82, 2.24) is 5.32 Å². The van der Waals surface area contributed by atoms with Crippen LogP contribution in [0.1, 0.15) is 22.3 Å². The maximum atomic E-state index is 15.5. The molecule has 2 bridgehead atoms. The molecule has 6 heteroatoms.